The van der Waals surface area contributed by atoms with Crippen LogP contribution < -0.4 is 5.73 Å². The van der Waals surface area contributed by atoms with Gasteiger partial charge in [0.05, 0.1) is 0 Å². The topological polar surface area (TPSA) is 26.0 Å². The maximum atomic E-state index is 13.0. The molecule has 1 atom stereocenters. The first-order valence-corrected chi connectivity index (χ1v) is 8.28. The summed E-state index contributed by atoms with van der Waals surface area (Å²) in [5.74, 6) is 0.551. The summed E-state index contributed by atoms with van der Waals surface area (Å²) in [4.78, 5) is 1.14. The molecule has 0 aliphatic heterocycles. The third-order valence-electron chi connectivity index (χ3n) is 2.77. The summed E-state index contributed by atoms with van der Waals surface area (Å²) in [6.07, 6.45) is 0.710. The smallest absolute Gasteiger partial charge is 0.124 e. The lowest BCUT2D eigenvalue weighted by atomic mass is 10.1. The van der Waals surface area contributed by atoms with E-state index < -0.39 is 0 Å². The van der Waals surface area contributed by atoms with E-state index in [1.807, 2.05) is 24.3 Å². The Labute approximate surface area is 135 Å². The minimum absolute atomic E-state index is 0.0115. The Kier molecular flexibility index (Phi) is 5.90. The number of thioether (sulfide) groups is 1. The number of hydrogen-bond donors (Lipinski definition) is 1. The summed E-state index contributed by atoms with van der Waals surface area (Å²) in [6, 6.07) is 12.4. The van der Waals surface area contributed by atoms with Crippen LogP contribution in [0.15, 0.2) is 51.8 Å². The van der Waals surface area contributed by atoms with Gasteiger partial charge >= 0.3 is 0 Å². The van der Waals surface area contributed by atoms with Gasteiger partial charge in [0.15, 0.2) is 0 Å². The highest BCUT2D eigenvalue weighted by atomic mass is 79.9. The predicted octanol–water partition coefficient (Wildman–Crippen LogP) is 4.90. The zero-order valence-electron chi connectivity index (χ0n) is 10.7. The van der Waals surface area contributed by atoms with Crippen molar-refractivity contribution in [3.63, 3.8) is 0 Å². The highest BCUT2D eigenvalue weighted by Crippen LogP contribution is 2.23. The van der Waals surface area contributed by atoms with Gasteiger partial charge in [0, 0.05) is 26.2 Å². The van der Waals surface area contributed by atoms with Crippen LogP contribution in [0.25, 0.3) is 0 Å². The van der Waals surface area contributed by atoms with E-state index in [4.69, 9.17) is 17.3 Å². The van der Waals surface area contributed by atoms with Crippen molar-refractivity contribution in [2.75, 3.05) is 5.75 Å². The van der Waals surface area contributed by atoms with E-state index in [0.717, 1.165) is 25.7 Å². The molecule has 2 rings (SSSR count). The fraction of sp³-hybridized carbons (Fsp3) is 0.200. The second-order valence-corrected chi connectivity index (χ2v) is 6.85. The van der Waals surface area contributed by atoms with Crippen LogP contribution >= 0.6 is 39.3 Å². The summed E-state index contributed by atoms with van der Waals surface area (Å²) in [5.41, 5.74) is 7.15. The van der Waals surface area contributed by atoms with Gasteiger partial charge in [-0.2, -0.15) is 0 Å². The third kappa shape index (κ3) is 4.77. The molecular weight excluding hydrogens is 361 g/mol. The van der Waals surface area contributed by atoms with Crippen LogP contribution in [0.4, 0.5) is 4.39 Å². The van der Waals surface area contributed by atoms with Crippen molar-refractivity contribution in [2.24, 2.45) is 5.73 Å². The summed E-state index contributed by atoms with van der Waals surface area (Å²) < 4.78 is 13.8. The molecule has 1 unspecified atom stereocenters. The average molecular weight is 375 g/mol. The first-order valence-electron chi connectivity index (χ1n) is 6.12. The Balaban J connectivity index is 1.89. The number of benzene rings is 2. The number of rotatable bonds is 5. The van der Waals surface area contributed by atoms with Gasteiger partial charge in [-0.1, -0.05) is 33.6 Å². The van der Waals surface area contributed by atoms with Gasteiger partial charge in [-0.3, -0.25) is 0 Å². The molecule has 1 nitrogen and oxygen atoms in total. The molecule has 0 amide bonds. The van der Waals surface area contributed by atoms with Gasteiger partial charge in [0.25, 0.3) is 0 Å². The number of hydrogen-bond acceptors (Lipinski definition) is 2. The minimum Gasteiger partial charge on any atom is -0.327 e. The maximum Gasteiger partial charge on any atom is 0.124 e. The standard InChI is InChI=1S/C15H14BrClFNS/c16-15-8-12(18)4-1-10(15)7-13(19)9-20-14-5-2-11(17)3-6-14/h1-6,8,13H,7,9,19H2. The van der Waals surface area contributed by atoms with Gasteiger partial charge in [0.2, 0.25) is 0 Å². The first-order chi connectivity index (χ1) is 9.54. The zero-order valence-corrected chi connectivity index (χ0v) is 13.8. The quantitative estimate of drug-likeness (QED) is 0.753. The minimum atomic E-state index is -0.246. The highest BCUT2D eigenvalue weighted by molar-refractivity contribution is 9.10. The Morgan fingerprint density at radius 3 is 2.55 bits per heavy atom. The molecule has 0 saturated heterocycles. The molecule has 5 heteroatoms. The molecule has 0 fully saturated rings. The zero-order chi connectivity index (χ0) is 14.5. The Morgan fingerprint density at radius 2 is 1.90 bits per heavy atom. The third-order valence-corrected chi connectivity index (χ3v) is 4.97. The van der Waals surface area contributed by atoms with Crippen LogP contribution in [0.5, 0.6) is 0 Å². The molecule has 0 heterocycles. The van der Waals surface area contributed by atoms with E-state index in [2.05, 4.69) is 15.9 Å². The fourth-order valence-corrected chi connectivity index (χ4v) is 3.25. The van der Waals surface area contributed by atoms with Gasteiger partial charge in [-0.15, -0.1) is 11.8 Å². The molecule has 2 aromatic carbocycles. The molecule has 2 aromatic rings. The van der Waals surface area contributed by atoms with Crippen molar-refractivity contribution >= 4 is 39.3 Å². The van der Waals surface area contributed by atoms with Crippen molar-refractivity contribution in [1.29, 1.82) is 0 Å². The molecule has 0 aromatic heterocycles. The molecule has 0 saturated carbocycles. The van der Waals surface area contributed by atoms with Crippen molar-refractivity contribution < 1.29 is 4.39 Å². The monoisotopic (exact) mass is 373 g/mol. The highest BCUT2D eigenvalue weighted by Gasteiger charge is 2.08. The average Bonchev–Trinajstić information content (AvgIpc) is 2.41. The maximum absolute atomic E-state index is 13.0. The van der Waals surface area contributed by atoms with Crippen LogP contribution in [0.2, 0.25) is 5.02 Å². The van der Waals surface area contributed by atoms with E-state index >= 15 is 0 Å². The summed E-state index contributed by atoms with van der Waals surface area (Å²) in [5, 5.41) is 0.730. The summed E-state index contributed by atoms with van der Waals surface area (Å²) >= 11 is 10.9. The Hall–Kier alpha value is -0.550. The Morgan fingerprint density at radius 1 is 1.20 bits per heavy atom. The van der Waals surface area contributed by atoms with E-state index in [9.17, 15) is 4.39 Å². The number of halogens is 3. The van der Waals surface area contributed by atoms with E-state index in [-0.39, 0.29) is 11.9 Å². The molecule has 0 aliphatic rings. The van der Waals surface area contributed by atoms with Gasteiger partial charge in [-0.25, -0.2) is 4.39 Å². The van der Waals surface area contributed by atoms with Crippen LogP contribution in [-0.4, -0.2) is 11.8 Å². The van der Waals surface area contributed by atoms with Gasteiger partial charge in [-0.05, 0) is 48.4 Å². The molecule has 0 bridgehead atoms. The lowest BCUT2D eigenvalue weighted by molar-refractivity contribution is 0.625. The summed E-state index contributed by atoms with van der Waals surface area (Å²) in [7, 11) is 0. The molecular formula is C15H14BrClFNS. The second kappa shape index (κ2) is 7.46. The van der Waals surface area contributed by atoms with Crippen LogP contribution in [0.3, 0.4) is 0 Å². The SMILES string of the molecule is NC(CSc1ccc(Cl)cc1)Cc1ccc(F)cc1Br. The van der Waals surface area contributed by atoms with Crippen LogP contribution in [-0.2, 0) is 6.42 Å². The molecule has 106 valence electrons. The lowest BCUT2D eigenvalue weighted by Crippen LogP contribution is -2.25. The predicted molar refractivity (Wildman–Crippen MR) is 88.0 cm³/mol. The van der Waals surface area contributed by atoms with E-state index in [1.165, 1.54) is 12.1 Å². The molecule has 0 aliphatic carbocycles. The van der Waals surface area contributed by atoms with Crippen LogP contribution in [0.1, 0.15) is 5.56 Å². The van der Waals surface area contributed by atoms with E-state index in [0.29, 0.717) is 6.42 Å². The molecule has 0 spiro atoms. The van der Waals surface area contributed by atoms with Crippen LogP contribution in [0, 0.1) is 5.82 Å². The van der Waals surface area contributed by atoms with Crippen molar-refractivity contribution in [1.82, 2.24) is 0 Å². The first kappa shape index (κ1) is 15.8. The van der Waals surface area contributed by atoms with Crippen molar-refractivity contribution in [3.05, 3.63) is 63.3 Å². The molecule has 2 N–H and O–H groups in total. The largest absolute Gasteiger partial charge is 0.327 e. The fourth-order valence-electron chi connectivity index (χ4n) is 1.76. The van der Waals surface area contributed by atoms with Crippen molar-refractivity contribution in [3.8, 4) is 0 Å². The van der Waals surface area contributed by atoms with E-state index in [1.54, 1.807) is 17.8 Å². The second-order valence-electron chi connectivity index (χ2n) is 4.46. The van der Waals surface area contributed by atoms with Crippen molar-refractivity contribution in [2.45, 2.75) is 17.4 Å². The van der Waals surface area contributed by atoms with Gasteiger partial charge < -0.3 is 5.73 Å². The summed E-state index contributed by atoms with van der Waals surface area (Å²) in [6.45, 7) is 0. The molecule has 20 heavy (non-hydrogen) atoms. The Bertz CT molecular complexity index is 577. The normalized spacial score (nSPS) is 12.4. The molecule has 0 radical (unpaired) electrons. The number of nitrogens with two attached hydrogens (primary N) is 1. The van der Waals surface area contributed by atoms with Gasteiger partial charge in [0.1, 0.15) is 5.82 Å². The lowest BCUT2D eigenvalue weighted by Gasteiger charge is -2.12.